The van der Waals surface area contributed by atoms with Crippen LogP contribution in [-0.4, -0.2) is 10.1 Å². The Hall–Kier alpha value is -1.84. The number of pyridine rings is 1. The molecule has 0 aliphatic heterocycles. The Balaban J connectivity index is 1.94. The van der Waals surface area contributed by atoms with Gasteiger partial charge in [0.1, 0.15) is 6.26 Å². The molecule has 0 aliphatic rings. The van der Waals surface area contributed by atoms with Crippen molar-refractivity contribution in [2.24, 2.45) is 0 Å². The minimum atomic E-state index is 0.709. The van der Waals surface area contributed by atoms with Crippen molar-refractivity contribution in [3.63, 3.8) is 0 Å². The summed E-state index contributed by atoms with van der Waals surface area (Å²) in [6, 6.07) is 5.68. The van der Waals surface area contributed by atoms with Gasteiger partial charge in [-0.15, -0.1) is 0 Å². The predicted octanol–water partition coefficient (Wildman–Crippen LogP) is 1.68. The zero-order chi connectivity index (χ0) is 8.93. The first-order chi connectivity index (χ1) is 6.45. The van der Waals surface area contributed by atoms with Gasteiger partial charge in [-0.2, -0.15) is 0 Å². The molecule has 4 nitrogen and oxygen atoms in total. The highest BCUT2D eigenvalue weighted by atomic mass is 16.5. The number of rotatable bonds is 3. The molecule has 0 bridgehead atoms. The third-order valence-corrected chi connectivity index (χ3v) is 1.63. The molecule has 0 spiro atoms. The van der Waals surface area contributed by atoms with Crippen molar-refractivity contribution in [3.8, 4) is 0 Å². The van der Waals surface area contributed by atoms with Gasteiger partial charge in [-0.05, 0) is 11.6 Å². The van der Waals surface area contributed by atoms with E-state index >= 15 is 0 Å². The molecule has 0 saturated heterocycles. The molecule has 0 atom stereocenters. The van der Waals surface area contributed by atoms with Crippen molar-refractivity contribution >= 4 is 5.82 Å². The van der Waals surface area contributed by atoms with Gasteiger partial charge in [0.15, 0.2) is 5.82 Å². The quantitative estimate of drug-likeness (QED) is 0.771. The second-order valence-corrected chi connectivity index (χ2v) is 2.60. The molecule has 0 aromatic carbocycles. The molecule has 2 aromatic rings. The van der Waals surface area contributed by atoms with Crippen LogP contribution in [0.4, 0.5) is 5.82 Å². The lowest BCUT2D eigenvalue weighted by atomic mass is 10.3. The van der Waals surface area contributed by atoms with Crippen molar-refractivity contribution in [1.82, 2.24) is 10.1 Å². The first-order valence-electron chi connectivity index (χ1n) is 3.98. The summed E-state index contributed by atoms with van der Waals surface area (Å²) in [5.74, 6) is 0.740. The number of aromatic nitrogens is 2. The van der Waals surface area contributed by atoms with Gasteiger partial charge in [0.2, 0.25) is 0 Å². The van der Waals surface area contributed by atoms with E-state index in [1.54, 1.807) is 12.3 Å². The van der Waals surface area contributed by atoms with Crippen LogP contribution >= 0.6 is 0 Å². The fraction of sp³-hybridized carbons (Fsp3) is 0.111. The zero-order valence-corrected chi connectivity index (χ0v) is 6.97. The normalized spacial score (nSPS) is 9.85. The molecule has 66 valence electrons. The van der Waals surface area contributed by atoms with Crippen LogP contribution in [0.15, 0.2) is 41.4 Å². The number of anilines is 1. The van der Waals surface area contributed by atoms with Crippen molar-refractivity contribution in [3.05, 3.63) is 42.4 Å². The van der Waals surface area contributed by atoms with E-state index in [1.165, 1.54) is 6.26 Å². The van der Waals surface area contributed by atoms with Gasteiger partial charge in [0.05, 0.1) is 0 Å². The van der Waals surface area contributed by atoms with Gasteiger partial charge in [0, 0.05) is 25.0 Å². The summed E-state index contributed by atoms with van der Waals surface area (Å²) >= 11 is 0. The van der Waals surface area contributed by atoms with Crippen molar-refractivity contribution in [1.29, 1.82) is 0 Å². The fourth-order valence-corrected chi connectivity index (χ4v) is 0.999. The number of hydrogen-bond donors (Lipinski definition) is 1. The highest BCUT2D eigenvalue weighted by Gasteiger charge is 1.94. The first-order valence-corrected chi connectivity index (χ1v) is 3.98. The van der Waals surface area contributed by atoms with E-state index in [1.807, 2.05) is 18.3 Å². The molecule has 0 unspecified atom stereocenters. The highest BCUT2D eigenvalue weighted by Crippen LogP contribution is 2.04. The fourth-order valence-electron chi connectivity index (χ4n) is 0.999. The Morgan fingerprint density at radius 2 is 2.38 bits per heavy atom. The molecular weight excluding hydrogens is 166 g/mol. The summed E-state index contributed by atoms with van der Waals surface area (Å²) in [6.45, 7) is 0.709. The number of nitrogens with zero attached hydrogens (tertiary/aromatic N) is 2. The van der Waals surface area contributed by atoms with E-state index in [0.717, 1.165) is 11.4 Å². The molecule has 13 heavy (non-hydrogen) atoms. The standard InChI is InChI=1S/C9H9N3O/c1-2-8(6-10-4-1)7-11-9-3-5-13-12-9/h1-6H,7H2,(H,11,12). The van der Waals surface area contributed by atoms with Gasteiger partial charge in [0.25, 0.3) is 0 Å². The van der Waals surface area contributed by atoms with Crippen LogP contribution in [0.2, 0.25) is 0 Å². The summed E-state index contributed by atoms with van der Waals surface area (Å²) in [6.07, 6.45) is 5.10. The molecule has 0 amide bonds. The Morgan fingerprint density at radius 1 is 1.38 bits per heavy atom. The van der Waals surface area contributed by atoms with Crippen molar-refractivity contribution in [2.45, 2.75) is 6.54 Å². The van der Waals surface area contributed by atoms with Gasteiger partial charge in [-0.25, -0.2) is 0 Å². The van der Waals surface area contributed by atoms with Gasteiger partial charge >= 0.3 is 0 Å². The molecule has 1 N–H and O–H groups in total. The summed E-state index contributed by atoms with van der Waals surface area (Å²) in [5.41, 5.74) is 1.12. The average Bonchev–Trinajstić information content (AvgIpc) is 2.69. The van der Waals surface area contributed by atoms with Crippen LogP contribution in [0.25, 0.3) is 0 Å². The van der Waals surface area contributed by atoms with Crippen LogP contribution in [0.5, 0.6) is 0 Å². The van der Waals surface area contributed by atoms with Crippen LogP contribution in [-0.2, 0) is 6.54 Å². The summed E-state index contributed by atoms with van der Waals surface area (Å²) in [4.78, 5) is 4.00. The van der Waals surface area contributed by atoms with Crippen LogP contribution < -0.4 is 5.32 Å². The van der Waals surface area contributed by atoms with E-state index in [0.29, 0.717) is 6.54 Å². The first kappa shape index (κ1) is 7.79. The minimum Gasteiger partial charge on any atom is -0.363 e. The van der Waals surface area contributed by atoms with Crippen LogP contribution in [0, 0.1) is 0 Å². The molecule has 4 heteroatoms. The molecule has 0 fully saturated rings. The predicted molar refractivity (Wildman–Crippen MR) is 48.1 cm³/mol. The van der Waals surface area contributed by atoms with E-state index in [2.05, 4.69) is 20.0 Å². The third kappa shape index (κ3) is 2.05. The van der Waals surface area contributed by atoms with E-state index in [-0.39, 0.29) is 0 Å². The Kier molecular flexibility index (Phi) is 2.22. The SMILES string of the molecule is c1cncc(CNc2ccon2)c1. The lowest BCUT2D eigenvalue weighted by Gasteiger charge is -2.00. The lowest BCUT2D eigenvalue weighted by Crippen LogP contribution is -1.99. The lowest BCUT2D eigenvalue weighted by molar-refractivity contribution is 0.422. The largest absolute Gasteiger partial charge is 0.363 e. The zero-order valence-electron chi connectivity index (χ0n) is 6.97. The second-order valence-electron chi connectivity index (χ2n) is 2.60. The molecule has 0 radical (unpaired) electrons. The van der Waals surface area contributed by atoms with Gasteiger partial charge in [-0.3, -0.25) is 4.98 Å². The summed E-state index contributed by atoms with van der Waals surface area (Å²) in [7, 11) is 0. The Labute approximate surface area is 75.6 Å². The smallest absolute Gasteiger partial charge is 0.169 e. The number of hydrogen-bond acceptors (Lipinski definition) is 4. The van der Waals surface area contributed by atoms with Crippen molar-refractivity contribution in [2.75, 3.05) is 5.32 Å². The maximum atomic E-state index is 4.67. The molecule has 0 saturated carbocycles. The van der Waals surface area contributed by atoms with Crippen molar-refractivity contribution < 1.29 is 4.52 Å². The molecule has 2 aromatic heterocycles. The molecular formula is C9H9N3O. The molecule has 2 heterocycles. The van der Waals surface area contributed by atoms with E-state index in [4.69, 9.17) is 0 Å². The molecule has 0 aliphatic carbocycles. The molecule has 2 rings (SSSR count). The van der Waals surface area contributed by atoms with E-state index < -0.39 is 0 Å². The van der Waals surface area contributed by atoms with Crippen LogP contribution in [0.3, 0.4) is 0 Å². The maximum absolute atomic E-state index is 4.67. The monoisotopic (exact) mass is 175 g/mol. The van der Waals surface area contributed by atoms with Gasteiger partial charge < -0.3 is 9.84 Å². The highest BCUT2D eigenvalue weighted by molar-refractivity contribution is 5.31. The maximum Gasteiger partial charge on any atom is 0.169 e. The summed E-state index contributed by atoms with van der Waals surface area (Å²) < 4.78 is 4.67. The van der Waals surface area contributed by atoms with E-state index in [9.17, 15) is 0 Å². The Bertz CT molecular complexity index is 344. The average molecular weight is 175 g/mol. The topological polar surface area (TPSA) is 51.0 Å². The number of nitrogens with one attached hydrogen (secondary N) is 1. The van der Waals surface area contributed by atoms with Gasteiger partial charge in [-0.1, -0.05) is 11.2 Å². The second kappa shape index (κ2) is 3.71. The summed E-state index contributed by atoms with van der Waals surface area (Å²) in [5, 5.41) is 6.82. The third-order valence-electron chi connectivity index (χ3n) is 1.63. The minimum absolute atomic E-state index is 0.709. The van der Waals surface area contributed by atoms with Crippen LogP contribution in [0.1, 0.15) is 5.56 Å². The Morgan fingerprint density at radius 3 is 3.08 bits per heavy atom.